The summed E-state index contributed by atoms with van der Waals surface area (Å²) in [5, 5.41) is 12.6. The molecule has 3 nitrogen and oxygen atoms in total. The summed E-state index contributed by atoms with van der Waals surface area (Å²) in [7, 11) is 0. The van der Waals surface area contributed by atoms with Gasteiger partial charge in [-0.1, -0.05) is 30.3 Å². The molecule has 0 spiro atoms. The van der Waals surface area contributed by atoms with Crippen LogP contribution in [0.3, 0.4) is 0 Å². The first-order valence-electron chi connectivity index (χ1n) is 7.52. The van der Waals surface area contributed by atoms with E-state index in [4.69, 9.17) is 4.74 Å². The standard InChI is InChI=1S/C17H24N2O/c1-17(14-18,19-16-9-10-16)11-13-20-12-5-8-15-6-3-2-4-7-15/h2-4,6-7,16,19H,5,8-13H2,1H3. The van der Waals surface area contributed by atoms with Gasteiger partial charge in [-0.25, -0.2) is 0 Å². The quantitative estimate of drug-likeness (QED) is 0.703. The smallest absolute Gasteiger partial charge is 0.106 e. The Morgan fingerprint density at radius 3 is 2.70 bits per heavy atom. The molecule has 2 rings (SSSR count). The minimum Gasteiger partial charge on any atom is -0.381 e. The van der Waals surface area contributed by atoms with Gasteiger partial charge in [0.25, 0.3) is 0 Å². The Hall–Kier alpha value is -1.37. The minimum atomic E-state index is -0.430. The maximum absolute atomic E-state index is 9.25. The minimum absolute atomic E-state index is 0.430. The van der Waals surface area contributed by atoms with E-state index < -0.39 is 5.54 Å². The fourth-order valence-corrected chi connectivity index (χ4v) is 2.24. The molecule has 20 heavy (non-hydrogen) atoms. The van der Waals surface area contributed by atoms with Crippen molar-refractivity contribution < 1.29 is 4.74 Å². The average Bonchev–Trinajstić information content (AvgIpc) is 3.27. The molecule has 0 aromatic heterocycles. The maximum atomic E-state index is 9.25. The Bertz CT molecular complexity index is 436. The number of benzene rings is 1. The van der Waals surface area contributed by atoms with Gasteiger partial charge >= 0.3 is 0 Å². The van der Waals surface area contributed by atoms with E-state index in [0.717, 1.165) is 25.9 Å². The van der Waals surface area contributed by atoms with E-state index in [9.17, 15) is 5.26 Å². The van der Waals surface area contributed by atoms with Crippen LogP contribution in [-0.4, -0.2) is 24.8 Å². The zero-order valence-corrected chi connectivity index (χ0v) is 12.3. The monoisotopic (exact) mass is 272 g/mol. The van der Waals surface area contributed by atoms with Crippen molar-refractivity contribution >= 4 is 0 Å². The lowest BCUT2D eigenvalue weighted by molar-refractivity contribution is 0.116. The molecule has 0 amide bonds. The maximum Gasteiger partial charge on any atom is 0.106 e. The van der Waals surface area contributed by atoms with E-state index in [1.807, 2.05) is 13.0 Å². The van der Waals surface area contributed by atoms with Gasteiger partial charge in [0.2, 0.25) is 0 Å². The first-order chi connectivity index (χ1) is 9.72. The molecule has 1 saturated carbocycles. The van der Waals surface area contributed by atoms with Crippen molar-refractivity contribution in [3.8, 4) is 6.07 Å². The third kappa shape index (κ3) is 5.32. The van der Waals surface area contributed by atoms with Gasteiger partial charge in [-0.05, 0) is 38.2 Å². The molecule has 0 bridgehead atoms. The molecule has 0 saturated heterocycles. The number of nitrogens with one attached hydrogen (secondary N) is 1. The Labute approximate surface area is 121 Å². The number of nitriles is 1. The summed E-state index contributed by atoms with van der Waals surface area (Å²) in [6, 6.07) is 13.4. The molecule has 1 aliphatic rings. The average molecular weight is 272 g/mol. The van der Waals surface area contributed by atoms with Crippen LogP contribution in [-0.2, 0) is 11.2 Å². The molecule has 0 aliphatic heterocycles. The lowest BCUT2D eigenvalue weighted by Crippen LogP contribution is -2.43. The topological polar surface area (TPSA) is 45.0 Å². The molecule has 1 aliphatic carbocycles. The summed E-state index contributed by atoms with van der Waals surface area (Å²) in [6.45, 7) is 3.39. The predicted octanol–water partition coefficient (Wildman–Crippen LogP) is 3.06. The Morgan fingerprint density at radius 2 is 2.05 bits per heavy atom. The van der Waals surface area contributed by atoms with Gasteiger partial charge in [0.05, 0.1) is 6.07 Å². The van der Waals surface area contributed by atoms with Crippen molar-refractivity contribution in [1.82, 2.24) is 5.32 Å². The highest BCUT2D eigenvalue weighted by Crippen LogP contribution is 2.23. The largest absolute Gasteiger partial charge is 0.381 e. The van der Waals surface area contributed by atoms with Crippen molar-refractivity contribution in [1.29, 1.82) is 5.26 Å². The van der Waals surface area contributed by atoms with Crippen LogP contribution in [0, 0.1) is 11.3 Å². The van der Waals surface area contributed by atoms with E-state index in [2.05, 4.69) is 35.7 Å². The van der Waals surface area contributed by atoms with E-state index in [1.54, 1.807) is 0 Å². The molecule has 1 atom stereocenters. The normalized spacial score (nSPS) is 17.4. The SMILES string of the molecule is CC(C#N)(CCOCCCc1ccccc1)NC1CC1. The highest BCUT2D eigenvalue weighted by atomic mass is 16.5. The highest BCUT2D eigenvalue weighted by Gasteiger charge is 2.32. The van der Waals surface area contributed by atoms with Gasteiger partial charge in [0, 0.05) is 25.7 Å². The second-order valence-electron chi connectivity index (χ2n) is 5.81. The summed E-state index contributed by atoms with van der Waals surface area (Å²) in [5.74, 6) is 0. The molecular formula is C17H24N2O. The third-order valence-electron chi connectivity index (χ3n) is 3.69. The van der Waals surface area contributed by atoms with Gasteiger partial charge in [-0.3, -0.25) is 5.32 Å². The molecule has 1 fully saturated rings. The third-order valence-corrected chi connectivity index (χ3v) is 3.69. The van der Waals surface area contributed by atoms with E-state index in [-0.39, 0.29) is 0 Å². The number of aryl methyl sites for hydroxylation is 1. The molecule has 0 radical (unpaired) electrons. The number of hydrogen-bond donors (Lipinski definition) is 1. The summed E-state index contributed by atoms with van der Waals surface area (Å²) in [5.41, 5.74) is 0.925. The van der Waals surface area contributed by atoms with Gasteiger partial charge < -0.3 is 4.74 Å². The zero-order chi connectivity index (χ0) is 14.3. The number of nitrogens with zero attached hydrogens (tertiary/aromatic N) is 1. The molecule has 1 aromatic rings. The highest BCUT2D eigenvalue weighted by molar-refractivity contribution is 5.14. The summed E-state index contributed by atoms with van der Waals surface area (Å²) in [6.07, 6.45) is 5.25. The van der Waals surface area contributed by atoms with E-state index in [0.29, 0.717) is 12.6 Å². The van der Waals surface area contributed by atoms with Crippen LogP contribution >= 0.6 is 0 Å². The van der Waals surface area contributed by atoms with Crippen LogP contribution in [0.2, 0.25) is 0 Å². The van der Waals surface area contributed by atoms with Gasteiger partial charge in [-0.15, -0.1) is 0 Å². The predicted molar refractivity (Wildman–Crippen MR) is 80.4 cm³/mol. The lowest BCUT2D eigenvalue weighted by atomic mass is 10.0. The molecule has 1 aromatic carbocycles. The number of rotatable bonds is 9. The van der Waals surface area contributed by atoms with Gasteiger partial charge in [-0.2, -0.15) is 5.26 Å². The van der Waals surface area contributed by atoms with Gasteiger partial charge in [0.15, 0.2) is 0 Å². The van der Waals surface area contributed by atoms with Crippen LogP contribution < -0.4 is 5.32 Å². The Balaban J connectivity index is 1.55. The van der Waals surface area contributed by atoms with Crippen molar-refractivity contribution in [2.24, 2.45) is 0 Å². The Kier molecular flexibility index (Phi) is 5.58. The molecule has 1 unspecified atom stereocenters. The van der Waals surface area contributed by atoms with Crippen LogP contribution in [0.1, 0.15) is 38.2 Å². The number of ether oxygens (including phenoxy) is 1. The summed E-state index contributed by atoms with van der Waals surface area (Å²) < 4.78 is 5.66. The van der Waals surface area contributed by atoms with Crippen molar-refractivity contribution in [3.63, 3.8) is 0 Å². The van der Waals surface area contributed by atoms with E-state index >= 15 is 0 Å². The lowest BCUT2D eigenvalue weighted by Gasteiger charge is -2.23. The van der Waals surface area contributed by atoms with Crippen molar-refractivity contribution in [2.45, 2.75) is 50.6 Å². The van der Waals surface area contributed by atoms with Crippen LogP contribution in [0.15, 0.2) is 30.3 Å². The second kappa shape index (κ2) is 7.42. The molecule has 108 valence electrons. The molecular weight excluding hydrogens is 248 g/mol. The second-order valence-corrected chi connectivity index (χ2v) is 5.81. The zero-order valence-electron chi connectivity index (χ0n) is 12.3. The Morgan fingerprint density at radius 1 is 1.30 bits per heavy atom. The fraction of sp³-hybridized carbons (Fsp3) is 0.588. The fourth-order valence-electron chi connectivity index (χ4n) is 2.24. The van der Waals surface area contributed by atoms with Crippen LogP contribution in [0.25, 0.3) is 0 Å². The van der Waals surface area contributed by atoms with Crippen molar-refractivity contribution in [2.75, 3.05) is 13.2 Å². The first-order valence-corrected chi connectivity index (χ1v) is 7.52. The molecule has 1 N–H and O–H groups in total. The van der Waals surface area contributed by atoms with Crippen molar-refractivity contribution in [3.05, 3.63) is 35.9 Å². The van der Waals surface area contributed by atoms with E-state index in [1.165, 1.54) is 18.4 Å². The number of hydrogen-bond acceptors (Lipinski definition) is 3. The molecule has 0 heterocycles. The van der Waals surface area contributed by atoms with Crippen LogP contribution in [0.4, 0.5) is 0 Å². The summed E-state index contributed by atoms with van der Waals surface area (Å²) >= 11 is 0. The van der Waals surface area contributed by atoms with Gasteiger partial charge in [0.1, 0.15) is 5.54 Å². The summed E-state index contributed by atoms with van der Waals surface area (Å²) in [4.78, 5) is 0. The molecule has 3 heteroatoms. The van der Waals surface area contributed by atoms with Crippen LogP contribution in [0.5, 0.6) is 0 Å². The first kappa shape index (κ1) is 15.0.